The number of hydrogen-bond acceptors (Lipinski definition) is 6. The summed E-state index contributed by atoms with van der Waals surface area (Å²) in [6, 6.07) is -0.806. The van der Waals surface area contributed by atoms with Gasteiger partial charge in [0.15, 0.2) is 0 Å². The van der Waals surface area contributed by atoms with Crippen molar-refractivity contribution in [1.82, 2.24) is 5.32 Å². The van der Waals surface area contributed by atoms with Gasteiger partial charge in [0.1, 0.15) is 13.2 Å². The fraction of sp³-hybridized carbons (Fsp3) is 0.903. The summed E-state index contributed by atoms with van der Waals surface area (Å²) in [6.45, 7) is 4.59. The number of allylic oxidation sites excluding steroid dienone is 2. The van der Waals surface area contributed by atoms with Crippen molar-refractivity contribution >= 4 is 13.7 Å². The molecule has 0 rings (SSSR count). The Labute approximate surface area is 246 Å². The number of aliphatic hydroxyl groups is 1. The third-order valence-electron chi connectivity index (χ3n) is 7.00. The van der Waals surface area contributed by atoms with Crippen LogP contribution in [0.15, 0.2) is 12.2 Å². The van der Waals surface area contributed by atoms with E-state index in [2.05, 4.69) is 31.3 Å². The monoisotopic (exact) mass is 590 g/mol. The molecule has 0 aliphatic heterocycles. The Morgan fingerprint density at radius 3 is 1.95 bits per heavy atom. The minimum atomic E-state index is -4.54. The Hall–Kier alpha value is -0.760. The summed E-state index contributed by atoms with van der Waals surface area (Å²) < 4.78 is 22.9. The molecule has 0 saturated heterocycles. The molecular formula is C31H63N2O6P. The number of nitrogens with zero attached hydrogens (tertiary/aromatic N) is 1. The normalized spacial score (nSPS) is 15.3. The molecule has 9 heteroatoms. The molecule has 0 radical (unpaired) electrons. The molecule has 1 amide bonds. The third kappa shape index (κ3) is 26.2. The molecule has 0 fully saturated rings. The van der Waals surface area contributed by atoms with Crippen LogP contribution < -0.4 is 10.2 Å². The molecular weight excluding hydrogens is 527 g/mol. The molecule has 0 aromatic heterocycles. The van der Waals surface area contributed by atoms with E-state index in [0.29, 0.717) is 30.3 Å². The first-order chi connectivity index (χ1) is 19.0. The number of hydrogen-bond donors (Lipinski definition) is 2. The quantitative estimate of drug-likeness (QED) is 0.0457. The van der Waals surface area contributed by atoms with Crippen LogP contribution in [0.1, 0.15) is 129 Å². The molecule has 2 N–H and O–H groups in total. The fourth-order valence-electron chi connectivity index (χ4n) is 4.33. The lowest BCUT2D eigenvalue weighted by atomic mass is 10.0. The minimum Gasteiger partial charge on any atom is -0.756 e. The van der Waals surface area contributed by atoms with E-state index in [1.807, 2.05) is 21.1 Å². The van der Waals surface area contributed by atoms with Crippen LogP contribution in [0.4, 0.5) is 0 Å². The van der Waals surface area contributed by atoms with Gasteiger partial charge in [-0.15, -0.1) is 0 Å². The largest absolute Gasteiger partial charge is 0.756 e. The SMILES string of the molecule is CCCCCC/C=C\CCCC(=O)NC(COP(=O)([O-])OCC[N+](C)(C)C)C(O)CCCCCCCCCCC. The van der Waals surface area contributed by atoms with Gasteiger partial charge < -0.3 is 28.8 Å². The zero-order chi connectivity index (χ0) is 30.1. The van der Waals surface area contributed by atoms with Crippen LogP contribution in [-0.2, 0) is 18.4 Å². The van der Waals surface area contributed by atoms with E-state index < -0.39 is 20.0 Å². The summed E-state index contributed by atoms with van der Waals surface area (Å²) in [7, 11) is 1.28. The zero-order valence-electron chi connectivity index (χ0n) is 26.5. The second-order valence-electron chi connectivity index (χ2n) is 12.2. The lowest BCUT2D eigenvalue weighted by Crippen LogP contribution is -2.46. The highest BCUT2D eigenvalue weighted by Gasteiger charge is 2.24. The topological polar surface area (TPSA) is 108 Å². The van der Waals surface area contributed by atoms with Crippen LogP contribution in [-0.4, -0.2) is 68.5 Å². The molecule has 0 bridgehead atoms. The van der Waals surface area contributed by atoms with Gasteiger partial charge in [0.05, 0.1) is 39.9 Å². The number of carbonyl (C=O) groups excluding carboxylic acids is 1. The van der Waals surface area contributed by atoms with E-state index in [4.69, 9.17) is 9.05 Å². The van der Waals surface area contributed by atoms with Crippen molar-refractivity contribution in [1.29, 1.82) is 0 Å². The van der Waals surface area contributed by atoms with E-state index in [1.165, 1.54) is 64.2 Å². The van der Waals surface area contributed by atoms with Crippen LogP contribution in [0.2, 0.25) is 0 Å². The highest BCUT2D eigenvalue weighted by molar-refractivity contribution is 7.45. The average Bonchev–Trinajstić information content (AvgIpc) is 2.88. The lowest BCUT2D eigenvalue weighted by Gasteiger charge is -2.30. The predicted molar refractivity (Wildman–Crippen MR) is 164 cm³/mol. The number of aliphatic hydroxyl groups excluding tert-OH is 1. The zero-order valence-corrected chi connectivity index (χ0v) is 27.4. The lowest BCUT2D eigenvalue weighted by molar-refractivity contribution is -0.870. The molecule has 238 valence electrons. The Bertz CT molecular complexity index is 683. The number of phosphoric ester groups is 1. The van der Waals surface area contributed by atoms with Gasteiger partial charge in [-0.3, -0.25) is 9.36 Å². The van der Waals surface area contributed by atoms with E-state index in [9.17, 15) is 19.4 Å². The second kappa shape index (κ2) is 24.8. The number of likely N-dealkylation sites (N-methyl/N-ethyl adjacent to an activating group) is 1. The van der Waals surface area contributed by atoms with Crippen molar-refractivity contribution < 1.29 is 32.9 Å². The number of amides is 1. The first-order valence-electron chi connectivity index (χ1n) is 16.0. The minimum absolute atomic E-state index is 0.00836. The number of rotatable bonds is 28. The highest BCUT2D eigenvalue weighted by Crippen LogP contribution is 2.38. The van der Waals surface area contributed by atoms with Gasteiger partial charge in [0, 0.05) is 6.42 Å². The van der Waals surface area contributed by atoms with Gasteiger partial charge in [-0.05, 0) is 32.1 Å². The van der Waals surface area contributed by atoms with E-state index in [0.717, 1.165) is 32.1 Å². The molecule has 3 atom stereocenters. The van der Waals surface area contributed by atoms with E-state index >= 15 is 0 Å². The summed E-state index contributed by atoms with van der Waals surface area (Å²) in [5.74, 6) is -0.206. The summed E-state index contributed by atoms with van der Waals surface area (Å²) in [5.41, 5.74) is 0. The van der Waals surface area contributed by atoms with Gasteiger partial charge in [0.2, 0.25) is 5.91 Å². The van der Waals surface area contributed by atoms with Crippen molar-refractivity contribution in [3.8, 4) is 0 Å². The van der Waals surface area contributed by atoms with E-state index in [1.54, 1.807) is 0 Å². The summed E-state index contributed by atoms with van der Waals surface area (Å²) in [5, 5.41) is 13.6. The summed E-state index contributed by atoms with van der Waals surface area (Å²) in [6.07, 6.45) is 22.3. The van der Waals surface area contributed by atoms with Crippen molar-refractivity contribution in [2.75, 3.05) is 40.9 Å². The molecule has 40 heavy (non-hydrogen) atoms. The first-order valence-corrected chi connectivity index (χ1v) is 17.5. The Morgan fingerprint density at radius 2 is 1.38 bits per heavy atom. The van der Waals surface area contributed by atoms with Crippen LogP contribution >= 0.6 is 7.82 Å². The molecule has 0 aliphatic rings. The van der Waals surface area contributed by atoms with Crippen molar-refractivity contribution in [2.24, 2.45) is 0 Å². The maximum atomic E-state index is 12.6. The molecule has 0 aliphatic carbocycles. The number of nitrogens with one attached hydrogen (secondary N) is 1. The number of quaternary nitrogens is 1. The van der Waals surface area contributed by atoms with Crippen LogP contribution in [0.5, 0.6) is 0 Å². The Kier molecular flexibility index (Phi) is 24.3. The maximum Gasteiger partial charge on any atom is 0.268 e. The molecule has 0 aromatic carbocycles. The fourth-order valence-corrected chi connectivity index (χ4v) is 5.06. The second-order valence-corrected chi connectivity index (χ2v) is 13.6. The molecule has 0 saturated carbocycles. The number of phosphoric acid groups is 1. The molecule has 0 spiro atoms. The smallest absolute Gasteiger partial charge is 0.268 e. The van der Waals surface area contributed by atoms with Gasteiger partial charge in [-0.1, -0.05) is 103 Å². The van der Waals surface area contributed by atoms with Gasteiger partial charge in [-0.25, -0.2) is 0 Å². The van der Waals surface area contributed by atoms with Crippen LogP contribution in [0.25, 0.3) is 0 Å². The molecule has 0 heterocycles. The maximum absolute atomic E-state index is 12.6. The number of carbonyl (C=O) groups is 1. The molecule has 0 aromatic rings. The van der Waals surface area contributed by atoms with Crippen molar-refractivity contribution in [3.63, 3.8) is 0 Å². The van der Waals surface area contributed by atoms with Gasteiger partial charge >= 0.3 is 0 Å². The van der Waals surface area contributed by atoms with E-state index in [-0.39, 0.29) is 19.1 Å². The standard InChI is InChI=1S/C31H63N2O6P/c1-6-8-10-12-14-16-18-20-22-24-30(34)29(28-39-40(36,37)38-27-26-33(3,4)5)32-31(35)25-23-21-19-17-15-13-11-9-7-2/h17,19,29-30,34H,6-16,18,20-28H2,1-5H3,(H-,32,35,36,37)/b19-17-. The average molecular weight is 591 g/mol. The van der Waals surface area contributed by atoms with Crippen molar-refractivity contribution in [3.05, 3.63) is 12.2 Å². The van der Waals surface area contributed by atoms with Crippen LogP contribution in [0.3, 0.4) is 0 Å². The summed E-state index contributed by atoms with van der Waals surface area (Å²) in [4.78, 5) is 24.9. The molecule has 8 nitrogen and oxygen atoms in total. The highest BCUT2D eigenvalue weighted by atomic mass is 31.2. The predicted octanol–water partition coefficient (Wildman–Crippen LogP) is 6.66. The first kappa shape index (κ1) is 39.2. The summed E-state index contributed by atoms with van der Waals surface area (Å²) >= 11 is 0. The molecule has 3 unspecified atom stereocenters. The van der Waals surface area contributed by atoms with Crippen molar-refractivity contribution in [2.45, 2.75) is 142 Å². The third-order valence-corrected chi connectivity index (χ3v) is 7.97. The Morgan fingerprint density at radius 1 is 0.850 bits per heavy atom. The van der Waals surface area contributed by atoms with Gasteiger partial charge in [-0.2, -0.15) is 0 Å². The van der Waals surface area contributed by atoms with Crippen LogP contribution in [0, 0.1) is 0 Å². The van der Waals surface area contributed by atoms with Gasteiger partial charge in [0.25, 0.3) is 7.82 Å². The number of unbranched alkanes of at least 4 members (excludes halogenated alkanes) is 13. The Balaban J connectivity index is 4.63.